The third-order valence-corrected chi connectivity index (χ3v) is 8.09. The van der Waals surface area contributed by atoms with E-state index < -0.39 is 117 Å². The Balaban J connectivity index is 1.88. The standard InChI is InChI=1S/C24H49N7O12/c25-2-1-3-30-14-18(37)16(35)11(6-27)40-23(14)42-20-8(28)4-9(31-22(39)10(33)5-26)21(19(20)38)43-24-17(36)13(29)15(34)12(7-32)41-24/h8-21,23-24,30,32-38H,1-7,25-29H2,(H,31,39)/t8-,9+,10-,11+,12+,13-,14+,15+,16+,17+,18+,19-,20?,21-,23+,24+/m0/s1. The van der Waals surface area contributed by atoms with Gasteiger partial charge < -0.3 is 94.0 Å². The summed E-state index contributed by atoms with van der Waals surface area (Å²) in [6.07, 6.45) is -16.4. The smallest absolute Gasteiger partial charge is 0.250 e. The zero-order valence-electron chi connectivity index (χ0n) is 23.7. The molecule has 16 atom stereocenters. The molecule has 0 bridgehead atoms. The number of nitrogens with two attached hydrogens (primary N) is 5. The Hall–Kier alpha value is -1.21. The molecule has 2 aliphatic heterocycles. The molecule has 0 aromatic carbocycles. The topological polar surface area (TPSA) is 350 Å². The minimum atomic E-state index is -1.66. The summed E-state index contributed by atoms with van der Waals surface area (Å²) in [7, 11) is 0. The van der Waals surface area contributed by atoms with Gasteiger partial charge in [0.25, 0.3) is 0 Å². The van der Waals surface area contributed by atoms with E-state index in [9.17, 15) is 40.5 Å². The Morgan fingerprint density at radius 3 is 2.14 bits per heavy atom. The quantitative estimate of drug-likeness (QED) is 0.0842. The summed E-state index contributed by atoms with van der Waals surface area (Å²) in [4.78, 5) is 12.5. The van der Waals surface area contributed by atoms with Gasteiger partial charge in [0.15, 0.2) is 12.6 Å². The van der Waals surface area contributed by atoms with E-state index in [0.717, 1.165) is 0 Å². The summed E-state index contributed by atoms with van der Waals surface area (Å²) in [5, 5.41) is 78.8. The van der Waals surface area contributed by atoms with Crippen LogP contribution in [-0.4, -0.2) is 172 Å². The number of amides is 1. The van der Waals surface area contributed by atoms with Gasteiger partial charge in [-0.25, -0.2) is 0 Å². The molecule has 252 valence electrons. The van der Waals surface area contributed by atoms with Crippen molar-refractivity contribution in [3.8, 4) is 0 Å². The Morgan fingerprint density at radius 1 is 0.884 bits per heavy atom. The molecule has 0 radical (unpaired) electrons. The van der Waals surface area contributed by atoms with Crippen LogP contribution in [-0.2, 0) is 23.7 Å². The van der Waals surface area contributed by atoms with Gasteiger partial charge in [-0.1, -0.05) is 0 Å². The first-order chi connectivity index (χ1) is 20.4. The van der Waals surface area contributed by atoms with Gasteiger partial charge in [0.2, 0.25) is 5.91 Å². The van der Waals surface area contributed by atoms with Crippen LogP contribution >= 0.6 is 0 Å². The zero-order chi connectivity index (χ0) is 32.0. The molecule has 19 nitrogen and oxygen atoms in total. The monoisotopic (exact) mass is 627 g/mol. The zero-order valence-corrected chi connectivity index (χ0v) is 23.7. The maximum Gasteiger partial charge on any atom is 0.250 e. The minimum Gasteiger partial charge on any atom is -0.394 e. The number of ether oxygens (including phenoxy) is 4. The summed E-state index contributed by atoms with van der Waals surface area (Å²) in [5.74, 6) is -0.881. The number of aliphatic hydroxyl groups excluding tert-OH is 7. The van der Waals surface area contributed by atoms with Gasteiger partial charge in [-0.15, -0.1) is 0 Å². The first kappa shape index (κ1) is 36.3. The molecule has 2 saturated heterocycles. The van der Waals surface area contributed by atoms with Gasteiger partial charge in [0, 0.05) is 19.1 Å². The fourth-order valence-electron chi connectivity index (χ4n) is 5.49. The lowest BCUT2D eigenvalue weighted by Gasteiger charge is -2.49. The Labute approximate surface area is 248 Å². The molecule has 1 amide bonds. The molecule has 0 spiro atoms. The third-order valence-electron chi connectivity index (χ3n) is 8.09. The average Bonchev–Trinajstić information content (AvgIpc) is 2.99. The predicted molar refractivity (Wildman–Crippen MR) is 146 cm³/mol. The number of carbonyl (C=O) groups excluding carboxylic acids is 1. The molecular formula is C24H49N7O12. The molecule has 2 heterocycles. The first-order valence-electron chi connectivity index (χ1n) is 14.4. The molecule has 19 heteroatoms. The maximum absolute atomic E-state index is 12.5. The molecule has 43 heavy (non-hydrogen) atoms. The van der Waals surface area contributed by atoms with Crippen LogP contribution in [0.1, 0.15) is 12.8 Å². The van der Waals surface area contributed by atoms with Crippen molar-refractivity contribution in [3.05, 3.63) is 0 Å². The predicted octanol–water partition coefficient (Wildman–Crippen LogP) is -8.87. The van der Waals surface area contributed by atoms with E-state index in [0.29, 0.717) is 19.5 Å². The SMILES string of the molecule is NCCCN[C@H]1[C@@H](OC2[C@@H](N)C[C@@H](NC(=O)[C@@H](O)CN)[C@H](O[C@H]3O[C@H](CO)[C@@H](O)[C@H](N)[C@H]3O)[C@H]2O)O[C@H](CN)[C@@H](O)[C@@H]1O. The average molecular weight is 628 g/mol. The van der Waals surface area contributed by atoms with Crippen LogP contribution in [0.2, 0.25) is 0 Å². The van der Waals surface area contributed by atoms with Crippen molar-refractivity contribution in [1.82, 2.24) is 10.6 Å². The molecule has 1 unspecified atom stereocenters. The van der Waals surface area contributed by atoms with Crippen LogP contribution in [0.15, 0.2) is 0 Å². The van der Waals surface area contributed by atoms with Crippen LogP contribution < -0.4 is 39.3 Å². The number of aliphatic hydroxyl groups is 7. The second kappa shape index (κ2) is 16.4. The number of carbonyl (C=O) groups is 1. The summed E-state index contributed by atoms with van der Waals surface area (Å²) in [6, 6.07) is -4.36. The second-order valence-corrected chi connectivity index (χ2v) is 11.1. The second-order valence-electron chi connectivity index (χ2n) is 11.1. The molecule has 1 aliphatic carbocycles. The van der Waals surface area contributed by atoms with E-state index in [-0.39, 0.29) is 13.0 Å². The number of hydrogen-bond acceptors (Lipinski definition) is 18. The molecular weight excluding hydrogens is 578 g/mol. The summed E-state index contributed by atoms with van der Waals surface area (Å²) in [5.41, 5.74) is 29.0. The van der Waals surface area contributed by atoms with Gasteiger partial charge in [-0.05, 0) is 25.9 Å². The molecule has 19 N–H and O–H groups in total. The summed E-state index contributed by atoms with van der Waals surface area (Å²) in [6.45, 7) is -0.541. The number of nitrogens with one attached hydrogen (secondary N) is 2. The molecule has 0 aromatic heterocycles. The van der Waals surface area contributed by atoms with Gasteiger partial charge in [-0.3, -0.25) is 4.79 Å². The molecule has 1 saturated carbocycles. The highest BCUT2D eigenvalue weighted by atomic mass is 16.7. The van der Waals surface area contributed by atoms with Crippen molar-refractivity contribution >= 4 is 5.91 Å². The number of hydrogen-bond donors (Lipinski definition) is 14. The van der Waals surface area contributed by atoms with Crippen LogP contribution in [0.5, 0.6) is 0 Å². The van der Waals surface area contributed by atoms with Gasteiger partial charge in [0.1, 0.15) is 61.0 Å². The van der Waals surface area contributed by atoms with E-state index in [1.165, 1.54) is 0 Å². The lowest BCUT2D eigenvalue weighted by atomic mass is 9.83. The van der Waals surface area contributed by atoms with Gasteiger partial charge in [-0.2, -0.15) is 0 Å². The Morgan fingerprint density at radius 2 is 1.53 bits per heavy atom. The minimum absolute atomic E-state index is 0.0974. The van der Waals surface area contributed by atoms with Gasteiger partial charge in [0.05, 0.1) is 24.7 Å². The highest BCUT2D eigenvalue weighted by Gasteiger charge is 2.52. The van der Waals surface area contributed by atoms with Crippen LogP contribution in [0.3, 0.4) is 0 Å². The largest absolute Gasteiger partial charge is 0.394 e. The van der Waals surface area contributed by atoms with Crippen LogP contribution in [0.25, 0.3) is 0 Å². The Bertz CT molecular complexity index is 867. The van der Waals surface area contributed by atoms with E-state index >= 15 is 0 Å². The highest BCUT2D eigenvalue weighted by Crippen LogP contribution is 2.32. The van der Waals surface area contributed by atoms with Crippen molar-refractivity contribution in [1.29, 1.82) is 0 Å². The van der Waals surface area contributed by atoms with E-state index in [2.05, 4.69) is 10.6 Å². The van der Waals surface area contributed by atoms with E-state index in [1.807, 2.05) is 0 Å². The molecule has 0 aromatic rings. The normalized spacial score (nSPS) is 44.6. The van der Waals surface area contributed by atoms with Crippen LogP contribution in [0.4, 0.5) is 0 Å². The fraction of sp³-hybridized carbons (Fsp3) is 0.958. The maximum atomic E-state index is 12.5. The number of rotatable bonds is 13. The lowest BCUT2D eigenvalue weighted by Crippen LogP contribution is -2.70. The fourth-order valence-corrected chi connectivity index (χ4v) is 5.49. The van der Waals surface area contributed by atoms with E-state index in [4.69, 9.17) is 47.6 Å². The Kier molecular flexibility index (Phi) is 13.8. The van der Waals surface area contributed by atoms with Crippen molar-refractivity contribution in [2.24, 2.45) is 28.7 Å². The highest BCUT2D eigenvalue weighted by molar-refractivity contribution is 5.81. The summed E-state index contributed by atoms with van der Waals surface area (Å²) >= 11 is 0. The lowest BCUT2D eigenvalue weighted by molar-refractivity contribution is -0.321. The summed E-state index contributed by atoms with van der Waals surface area (Å²) < 4.78 is 23.4. The van der Waals surface area contributed by atoms with Crippen molar-refractivity contribution in [2.75, 3.05) is 32.8 Å². The first-order valence-corrected chi connectivity index (χ1v) is 14.4. The van der Waals surface area contributed by atoms with Crippen molar-refractivity contribution in [2.45, 2.75) is 111 Å². The molecule has 3 fully saturated rings. The van der Waals surface area contributed by atoms with E-state index in [1.54, 1.807) is 0 Å². The third kappa shape index (κ3) is 8.34. The molecule has 3 rings (SSSR count). The van der Waals surface area contributed by atoms with Crippen molar-refractivity contribution < 1.29 is 59.5 Å². The van der Waals surface area contributed by atoms with Gasteiger partial charge >= 0.3 is 0 Å². The molecule has 3 aliphatic rings. The van der Waals surface area contributed by atoms with Crippen molar-refractivity contribution in [3.63, 3.8) is 0 Å². The van der Waals surface area contributed by atoms with Crippen LogP contribution in [0, 0.1) is 0 Å².